The number of carbonyl (C=O) groups is 1. The second-order valence-electron chi connectivity index (χ2n) is 9.03. The van der Waals surface area contributed by atoms with Crippen molar-refractivity contribution in [3.8, 4) is 11.5 Å². The van der Waals surface area contributed by atoms with Gasteiger partial charge in [0.25, 0.3) is 5.91 Å². The molecule has 2 fully saturated rings. The Morgan fingerprint density at radius 1 is 1.03 bits per heavy atom. The van der Waals surface area contributed by atoms with E-state index in [2.05, 4.69) is 35.6 Å². The van der Waals surface area contributed by atoms with Crippen LogP contribution in [0.15, 0.2) is 72.1 Å². The number of carbonyl (C=O) groups excluding carboxylic acids is 1. The van der Waals surface area contributed by atoms with Gasteiger partial charge in [-0.05, 0) is 80.1 Å². The fraction of sp³-hybridized carbons (Fsp3) is 0.393. The van der Waals surface area contributed by atoms with Crippen molar-refractivity contribution >= 4 is 11.5 Å². The van der Waals surface area contributed by atoms with Crippen LogP contribution in [0.2, 0.25) is 0 Å². The summed E-state index contributed by atoms with van der Waals surface area (Å²) in [6, 6.07) is 18.0. The van der Waals surface area contributed by atoms with Gasteiger partial charge in [-0.3, -0.25) is 4.79 Å². The smallest absolute Gasteiger partial charge is 0.252 e. The van der Waals surface area contributed by atoms with Crippen LogP contribution in [0.1, 0.15) is 38.2 Å². The molecule has 4 rings (SSSR count). The maximum Gasteiger partial charge on any atom is 0.252 e. The second-order valence-corrected chi connectivity index (χ2v) is 9.03. The van der Waals surface area contributed by atoms with Gasteiger partial charge in [-0.15, -0.1) is 0 Å². The van der Waals surface area contributed by atoms with Gasteiger partial charge in [0.15, 0.2) is 0 Å². The first-order valence-corrected chi connectivity index (χ1v) is 12.3. The zero-order valence-corrected chi connectivity index (χ0v) is 20.2. The molecule has 34 heavy (non-hydrogen) atoms. The number of ether oxygens (including phenoxy) is 1. The normalized spacial score (nSPS) is 21.1. The zero-order valence-electron chi connectivity index (χ0n) is 20.2. The quantitative estimate of drug-likeness (QED) is 0.538. The fourth-order valence-corrected chi connectivity index (χ4v) is 5.14. The molecule has 0 aromatic heterocycles. The summed E-state index contributed by atoms with van der Waals surface area (Å²) in [7, 11) is 2.09. The van der Waals surface area contributed by atoms with Crippen molar-refractivity contribution in [2.24, 2.45) is 11.7 Å². The molecular formula is C28H36N4O2. The number of nitrogens with two attached hydrogens (primary N) is 1. The number of piperidine rings is 1. The number of rotatable bonds is 7. The fourth-order valence-electron chi connectivity index (χ4n) is 5.14. The number of benzene rings is 2. The summed E-state index contributed by atoms with van der Waals surface area (Å²) in [6.45, 7) is 5.03. The van der Waals surface area contributed by atoms with Crippen molar-refractivity contribution in [2.75, 3.05) is 26.7 Å². The SMILES string of the molecule is CC/C=C(/C(C(N)=O)=C1/NCCC(C2CCNCC2)N1C)c1ccc(Oc2ccccc2)cc1. The van der Waals surface area contributed by atoms with Crippen LogP contribution in [0, 0.1) is 5.92 Å². The van der Waals surface area contributed by atoms with Crippen LogP contribution in [0.3, 0.4) is 0 Å². The van der Waals surface area contributed by atoms with E-state index in [1.54, 1.807) is 0 Å². The van der Waals surface area contributed by atoms with E-state index in [1.165, 1.54) is 0 Å². The Morgan fingerprint density at radius 2 is 1.71 bits per heavy atom. The van der Waals surface area contributed by atoms with Gasteiger partial charge in [-0.2, -0.15) is 0 Å². The number of para-hydroxylation sites is 1. The minimum atomic E-state index is -0.412. The lowest BCUT2D eigenvalue weighted by atomic mass is 9.85. The van der Waals surface area contributed by atoms with Gasteiger partial charge in [-0.1, -0.05) is 43.3 Å². The van der Waals surface area contributed by atoms with E-state index < -0.39 is 5.91 Å². The molecule has 4 N–H and O–H groups in total. The standard InChI is InChI=1S/C28H36N4O2/c1-3-7-24(20-10-12-23(13-11-20)34-22-8-5-4-6-9-22)26(27(29)33)28-31-19-16-25(32(28)2)21-14-17-30-18-15-21/h4-13,21,25,30-31H,3,14-19H2,1-2H3,(H2,29,33)/b24-7+,28-26+. The summed E-state index contributed by atoms with van der Waals surface area (Å²) < 4.78 is 5.95. The number of hydrogen-bond acceptors (Lipinski definition) is 5. The highest BCUT2D eigenvalue weighted by Gasteiger charge is 2.33. The third-order valence-electron chi connectivity index (χ3n) is 6.82. The van der Waals surface area contributed by atoms with Crippen LogP contribution in [0.5, 0.6) is 11.5 Å². The van der Waals surface area contributed by atoms with Crippen LogP contribution < -0.4 is 21.1 Å². The molecule has 2 aliphatic rings. The average Bonchev–Trinajstić information content (AvgIpc) is 2.86. The highest BCUT2D eigenvalue weighted by Crippen LogP contribution is 2.33. The van der Waals surface area contributed by atoms with Crippen LogP contribution in [0.4, 0.5) is 0 Å². The van der Waals surface area contributed by atoms with Gasteiger partial charge in [0.05, 0.1) is 5.57 Å². The van der Waals surface area contributed by atoms with Crippen molar-refractivity contribution in [3.63, 3.8) is 0 Å². The first kappa shape index (κ1) is 23.9. The Hall–Kier alpha value is -3.25. The van der Waals surface area contributed by atoms with Crippen molar-refractivity contribution in [1.29, 1.82) is 0 Å². The Morgan fingerprint density at radius 3 is 2.35 bits per heavy atom. The molecule has 0 radical (unpaired) electrons. The molecule has 2 heterocycles. The largest absolute Gasteiger partial charge is 0.457 e. The topological polar surface area (TPSA) is 79.6 Å². The minimum Gasteiger partial charge on any atom is -0.457 e. The Kier molecular flexibility index (Phi) is 7.91. The molecule has 180 valence electrons. The van der Waals surface area contributed by atoms with Gasteiger partial charge in [0.1, 0.15) is 17.3 Å². The molecule has 0 bridgehead atoms. The first-order chi connectivity index (χ1) is 16.6. The summed E-state index contributed by atoms with van der Waals surface area (Å²) >= 11 is 0. The molecule has 1 atom stereocenters. The van der Waals surface area contributed by atoms with Gasteiger partial charge in [0.2, 0.25) is 0 Å². The third kappa shape index (κ3) is 5.45. The number of nitrogens with one attached hydrogen (secondary N) is 2. The lowest BCUT2D eigenvalue weighted by molar-refractivity contribution is -0.114. The summed E-state index contributed by atoms with van der Waals surface area (Å²) in [5.41, 5.74) is 8.38. The highest BCUT2D eigenvalue weighted by atomic mass is 16.5. The zero-order chi connectivity index (χ0) is 23.9. The lowest BCUT2D eigenvalue weighted by Gasteiger charge is -2.43. The maximum atomic E-state index is 12.8. The predicted molar refractivity (Wildman–Crippen MR) is 137 cm³/mol. The molecule has 2 aromatic rings. The summed E-state index contributed by atoms with van der Waals surface area (Å²) in [4.78, 5) is 15.1. The molecule has 0 aliphatic carbocycles. The molecule has 2 saturated heterocycles. The molecule has 6 heteroatoms. The van der Waals surface area contributed by atoms with Crippen molar-refractivity contribution in [3.05, 3.63) is 77.6 Å². The summed E-state index contributed by atoms with van der Waals surface area (Å²) in [6.07, 6.45) is 6.27. The monoisotopic (exact) mass is 460 g/mol. The molecule has 1 unspecified atom stereocenters. The Bertz CT molecular complexity index is 1020. The Balaban J connectivity index is 1.64. The number of primary amides is 1. The average molecular weight is 461 g/mol. The molecule has 1 amide bonds. The molecule has 2 aromatic carbocycles. The summed E-state index contributed by atoms with van der Waals surface area (Å²) in [5, 5.41) is 6.95. The number of allylic oxidation sites excluding steroid dienone is 1. The molecule has 0 spiro atoms. The highest BCUT2D eigenvalue weighted by molar-refractivity contribution is 6.09. The van der Waals surface area contributed by atoms with E-state index in [1.807, 2.05) is 54.6 Å². The van der Waals surface area contributed by atoms with Gasteiger partial charge >= 0.3 is 0 Å². The number of nitrogens with zero attached hydrogens (tertiary/aromatic N) is 1. The van der Waals surface area contributed by atoms with Crippen molar-refractivity contribution in [2.45, 2.75) is 38.6 Å². The van der Waals surface area contributed by atoms with E-state index in [0.717, 1.165) is 73.8 Å². The maximum absolute atomic E-state index is 12.8. The summed E-state index contributed by atoms with van der Waals surface area (Å²) in [5.74, 6) is 2.58. The number of amides is 1. The molecule has 2 aliphatic heterocycles. The van der Waals surface area contributed by atoms with Gasteiger partial charge in [-0.25, -0.2) is 0 Å². The molecule has 0 saturated carbocycles. The van der Waals surface area contributed by atoms with Crippen LogP contribution >= 0.6 is 0 Å². The lowest BCUT2D eigenvalue weighted by Crippen LogP contribution is -2.51. The van der Waals surface area contributed by atoms with E-state index in [0.29, 0.717) is 17.5 Å². The van der Waals surface area contributed by atoms with Crippen LogP contribution in [0.25, 0.3) is 5.57 Å². The Labute approximate surface area is 202 Å². The molecular weight excluding hydrogens is 424 g/mol. The van der Waals surface area contributed by atoms with Gasteiger partial charge in [0, 0.05) is 19.6 Å². The molecule has 6 nitrogen and oxygen atoms in total. The predicted octanol–water partition coefficient (Wildman–Crippen LogP) is 4.26. The van der Waals surface area contributed by atoms with E-state index in [4.69, 9.17) is 10.5 Å². The van der Waals surface area contributed by atoms with Crippen LogP contribution in [-0.4, -0.2) is 43.5 Å². The third-order valence-corrected chi connectivity index (χ3v) is 6.82. The first-order valence-electron chi connectivity index (χ1n) is 12.3. The van der Waals surface area contributed by atoms with E-state index in [-0.39, 0.29) is 0 Å². The minimum absolute atomic E-state index is 0.400. The number of hydrogen-bond donors (Lipinski definition) is 3. The van der Waals surface area contributed by atoms with Gasteiger partial charge < -0.3 is 26.0 Å². The van der Waals surface area contributed by atoms with E-state index in [9.17, 15) is 4.79 Å². The van der Waals surface area contributed by atoms with E-state index >= 15 is 0 Å². The van der Waals surface area contributed by atoms with Crippen molar-refractivity contribution < 1.29 is 9.53 Å². The van der Waals surface area contributed by atoms with Crippen molar-refractivity contribution in [1.82, 2.24) is 15.5 Å². The second kappa shape index (κ2) is 11.3. The van der Waals surface area contributed by atoms with Crippen LogP contribution in [-0.2, 0) is 4.79 Å².